The molecule has 5 heteroatoms. The summed E-state index contributed by atoms with van der Waals surface area (Å²) in [5.41, 5.74) is 2.12. The Morgan fingerprint density at radius 3 is 3.31 bits per heavy atom. The summed E-state index contributed by atoms with van der Waals surface area (Å²) >= 11 is 1.85. The molecule has 0 atom stereocenters. The summed E-state index contributed by atoms with van der Waals surface area (Å²) in [6.45, 7) is 0.746. The number of carbonyl (C=O) groups excluding carboxylic acids is 1. The summed E-state index contributed by atoms with van der Waals surface area (Å²) in [6, 6.07) is 1.80. The summed E-state index contributed by atoms with van der Waals surface area (Å²) in [5, 5.41) is 0. The lowest BCUT2D eigenvalue weighted by molar-refractivity contribution is 0.253. The molecule has 1 aliphatic rings. The minimum Gasteiger partial charge on any atom is -0.293 e. The number of nitrogens with zero attached hydrogens (tertiary/aromatic N) is 2. The number of pyridine rings is 1. The van der Waals surface area contributed by atoms with E-state index in [1.807, 2.05) is 35.1 Å². The maximum atomic E-state index is 11.4. The fraction of sp³-hybridized carbons (Fsp3) is 0.250. The van der Waals surface area contributed by atoms with Gasteiger partial charge >= 0.3 is 6.03 Å². The SMILES string of the molecule is O=C(NI)N1CCc2cnccc21. The van der Waals surface area contributed by atoms with Crippen LogP contribution in [0.3, 0.4) is 0 Å². The summed E-state index contributed by atoms with van der Waals surface area (Å²) in [7, 11) is 0. The zero-order valence-electron chi connectivity index (χ0n) is 6.83. The van der Waals surface area contributed by atoms with Gasteiger partial charge in [-0.15, -0.1) is 0 Å². The van der Waals surface area contributed by atoms with Gasteiger partial charge in [0.2, 0.25) is 0 Å². The number of carbonyl (C=O) groups is 1. The van der Waals surface area contributed by atoms with Crippen molar-refractivity contribution in [3.05, 3.63) is 24.0 Å². The average Bonchev–Trinajstić information content (AvgIpc) is 2.60. The highest BCUT2D eigenvalue weighted by Gasteiger charge is 2.23. The van der Waals surface area contributed by atoms with Crippen LogP contribution in [-0.4, -0.2) is 17.6 Å². The van der Waals surface area contributed by atoms with Crippen LogP contribution in [0, 0.1) is 0 Å². The zero-order valence-corrected chi connectivity index (χ0v) is 8.98. The van der Waals surface area contributed by atoms with E-state index in [9.17, 15) is 4.79 Å². The van der Waals surface area contributed by atoms with Crippen molar-refractivity contribution in [2.45, 2.75) is 6.42 Å². The number of aromatic nitrogens is 1. The van der Waals surface area contributed by atoms with Crippen molar-refractivity contribution >= 4 is 34.6 Å². The number of hydrogen-bond donors (Lipinski definition) is 1. The summed E-state index contributed by atoms with van der Waals surface area (Å²) < 4.78 is 2.58. The van der Waals surface area contributed by atoms with Crippen LogP contribution in [0.4, 0.5) is 10.5 Å². The first-order valence-corrected chi connectivity index (χ1v) is 5.02. The molecule has 68 valence electrons. The molecule has 2 heterocycles. The van der Waals surface area contributed by atoms with Crippen molar-refractivity contribution in [1.29, 1.82) is 0 Å². The molecule has 1 aromatic rings. The minimum atomic E-state index is -0.0643. The predicted octanol–water partition coefficient (Wildman–Crippen LogP) is 1.50. The Morgan fingerprint density at radius 1 is 1.69 bits per heavy atom. The third-order valence-corrected chi connectivity index (χ3v) is 2.56. The van der Waals surface area contributed by atoms with E-state index in [2.05, 4.69) is 8.51 Å². The van der Waals surface area contributed by atoms with Crippen molar-refractivity contribution in [3.63, 3.8) is 0 Å². The fourth-order valence-corrected chi connectivity index (χ4v) is 1.78. The quantitative estimate of drug-likeness (QED) is 0.581. The van der Waals surface area contributed by atoms with Crippen LogP contribution >= 0.6 is 22.9 Å². The highest BCUT2D eigenvalue weighted by Crippen LogP contribution is 2.26. The zero-order chi connectivity index (χ0) is 9.26. The Hall–Kier alpha value is -0.850. The van der Waals surface area contributed by atoms with Crippen molar-refractivity contribution in [3.8, 4) is 0 Å². The number of urea groups is 1. The molecule has 0 bridgehead atoms. The van der Waals surface area contributed by atoms with Crippen molar-refractivity contribution in [1.82, 2.24) is 8.51 Å². The monoisotopic (exact) mass is 289 g/mol. The Balaban J connectivity index is 2.33. The number of fused-ring (bicyclic) bond motifs is 1. The van der Waals surface area contributed by atoms with Gasteiger partial charge in [0.1, 0.15) is 0 Å². The molecule has 0 saturated heterocycles. The molecule has 4 nitrogen and oxygen atoms in total. The molecule has 1 aromatic heterocycles. The van der Waals surface area contributed by atoms with Gasteiger partial charge in [0, 0.05) is 18.9 Å². The molecule has 0 aliphatic carbocycles. The van der Waals surface area contributed by atoms with Gasteiger partial charge in [0.15, 0.2) is 0 Å². The molecular formula is C8H8IN3O. The van der Waals surface area contributed by atoms with E-state index < -0.39 is 0 Å². The van der Waals surface area contributed by atoms with Crippen molar-refractivity contribution < 1.29 is 4.79 Å². The number of halogens is 1. The van der Waals surface area contributed by atoms with E-state index in [1.54, 1.807) is 11.1 Å². The van der Waals surface area contributed by atoms with Gasteiger partial charge in [0.05, 0.1) is 28.6 Å². The molecule has 1 N–H and O–H groups in total. The molecule has 0 saturated carbocycles. The minimum absolute atomic E-state index is 0.0643. The van der Waals surface area contributed by atoms with Gasteiger partial charge in [-0.25, -0.2) is 4.79 Å². The van der Waals surface area contributed by atoms with Crippen LogP contribution in [0.2, 0.25) is 0 Å². The van der Waals surface area contributed by atoms with Gasteiger partial charge < -0.3 is 0 Å². The summed E-state index contributed by atoms with van der Waals surface area (Å²) in [6.07, 6.45) is 4.42. The van der Waals surface area contributed by atoms with Crippen LogP contribution in [0.1, 0.15) is 5.56 Å². The van der Waals surface area contributed by atoms with E-state index in [1.165, 1.54) is 0 Å². The molecular weight excluding hydrogens is 281 g/mol. The lowest BCUT2D eigenvalue weighted by Gasteiger charge is -2.14. The Labute approximate surface area is 89.8 Å². The number of anilines is 1. The second-order valence-electron chi connectivity index (χ2n) is 2.81. The topological polar surface area (TPSA) is 45.2 Å². The Morgan fingerprint density at radius 2 is 2.54 bits per heavy atom. The highest BCUT2D eigenvalue weighted by molar-refractivity contribution is 14.1. The highest BCUT2D eigenvalue weighted by atomic mass is 127. The largest absolute Gasteiger partial charge is 0.330 e. The smallest absolute Gasteiger partial charge is 0.293 e. The molecule has 13 heavy (non-hydrogen) atoms. The molecule has 0 fully saturated rings. The van der Waals surface area contributed by atoms with Gasteiger partial charge in [-0.1, -0.05) is 0 Å². The number of rotatable bonds is 0. The third kappa shape index (κ3) is 1.48. The van der Waals surface area contributed by atoms with E-state index >= 15 is 0 Å². The first-order valence-electron chi connectivity index (χ1n) is 3.94. The van der Waals surface area contributed by atoms with Crippen molar-refractivity contribution in [2.75, 3.05) is 11.4 Å². The van der Waals surface area contributed by atoms with E-state index in [-0.39, 0.29) is 6.03 Å². The molecule has 0 spiro atoms. The summed E-state index contributed by atoms with van der Waals surface area (Å²) in [5.74, 6) is 0. The molecule has 0 radical (unpaired) electrons. The predicted molar refractivity (Wildman–Crippen MR) is 57.8 cm³/mol. The van der Waals surface area contributed by atoms with Gasteiger partial charge in [-0.3, -0.25) is 13.4 Å². The first kappa shape index (κ1) is 8.74. The van der Waals surface area contributed by atoms with Gasteiger partial charge in [-0.05, 0) is 18.1 Å². The van der Waals surface area contributed by atoms with Crippen LogP contribution in [0.25, 0.3) is 0 Å². The fourth-order valence-electron chi connectivity index (χ4n) is 1.49. The first-order chi connectivity index (χ1) is 6.33. The van der Waals surface area contributed by atoms with Crippen molar-refractivity contribution in [2.24, 2.45) is 0 Å². The maximum Gasteiger partial charge on any atom is 0.330 e. The maximum absolute atomic E-state index is 11.4. The third-order valence-electron chi connectivity index (χ3n) is 2.10. The van der Waals surface area contributed by atoms with E-state index in [4.69, 9.17) is 0 Å². The van der Waals surface area contributed by atoms with Gasteiger partial charge in [-0.2, -0.15) is 0 Å². The molecule has 2 amide bonds. The lowest BCUT2D eigenvalue weighted by Crippen LogP contribution is -2.33. The second kappa shape index (κ2) is 3.49. The number of amides is 2. The number of hydrogen-bond acceptors (Lipinski definition) is 2. The average molecular weight is 289 g/mol. The van der Waals surface area contributed by atoms with Crippen LogP contribution in [-0.2, 0) is 6.42 Å². The van der Waals surface area contributed by atoms with Crippen LogP contribution < -0.4 is 8.43 Å². The Kier molecular flexibility index (Phi) is 2.34. The second-order valence-corrected chi connectivity index (χ2v) is 3.35. The van der Waals surface area contributed by atoms with E-state index in [0.717, 1.165) is 24.2 Å². The van der Waals surface area contributed by atoms with Crippen LogP contribution in [0.15, 0.2) is 18.5 Å². The number of nitrogens with one attached hydrogen (secondary N) is 1. The lowest BCUT2D eigenvalue weighted by atomic mass is 10.2. The standard InChI is InChI=1S/C8H8IN3O/c9-11-8(13)12-4-2-6-5-10-3-1-7(6)12/h1,3,5H,2,4H2,(H,11,13). The normalized spacial score (nSPS) is 14.1. The van der Waals surface area contributed by atoms with Gasteiger partial charge in [0.25, 0.3) is 0 Å². The molecule has 2 rings (SSSR count). The molecule has 0 aromatic carbocycles. The Bertz CT molecular complexity index is 342. The summed E-state index contributed by atoms with van der Waals surface area (Å²) in [4.78, 5) is 17.1. The molecule has 1 aliphatic heterocycles. The van der Waals surface area contributed by atoms with Crippen LogP contribution in [0.5, 0.6) is 0 Å². The van der Waals surface area contributed by atoms with E-state index in [0.29, 0.717) is 0 Å². The molecule has 0 unspecified atom stereocenters.